The van der Waals surface area contributed by atoms with Gasteiger partial charge < -0.3 is 9.88 Å². The average Bonchev–Trinajstić information content (AvgIpc) is 3.36. The smallest absolute Gasteiger partial charge is 0.254 e. The van der Waals surface area contributed by atoms with E-state index in [0.717, 1.165) is 41.4 Å². The molecule has 0 unspecified atom stereocenters. The van der Waals surface area contributed by atoms with Gasteiger partial charge in [-0.2, -0.15) is 0 Å². The molecule has 1 saturated carbocycles. The highest BCUT2D eigenvalue weighted by molar-refractivity contribution is 5.94. The van der Waals surface area contributed by atoms with Gasteiger partial charge in [0, 0.05) is 36.1 Å². The van der Waals surface area contributed by atoms with E-state index >= 15 is 0 Å². The molecule has 2 aromatic carbocycles. The highest BCUT2D eigenvalue weighted by Gasteiger charge is 2.46. The van der Waals surface area contributed by atoms with E-state index in [2.05, 4.69) is 11.5 Å². The molecule has 26 heavy (non-hydrogen) atoms. The number of aryl methyl sites for hydroxylation is 1. The van der Waals surface area contributed by atoms with Gasteiger partial charge in [0.05, 0.1) is 5.56 Å². The predicted molar refractivity (Wildman–Crippen MR) is 92.5 cm³/mol. The molecule has 6 heteroatoms. The van der Waals surface area contributed by atoms with Crippen molar-refractivity contribution in [1.82, 2.24) is 9.88 Å². The first-order valence-electron chi connectivity index (χ1n) is 8.39. The van der Waals surface area contributed by atoms with Crippen molar-refractivity contribution in [2.24, 2.45) is 7.05 Å². The van der Waals surface area contributed by atoms with Crippen LogP contribution in [0.1, 0.15) is 28.8 Å². The van der Waals surface area contributed by atoms with E-state index in [-0.39, 0.29) is 5.41 Å². The van der Waals surface area contributed by atoms with Gasteiger partial charge in [0.1, 0.15) is 0 Å². The second-order valence-electron chi connectivity index (χ2n) is 6.86. The van der Waals surface area contributed by atoms with E-state index in [1.165, 1.54) is 0 Å². The summed E-state index contributed by atoms with van der Waals surface area (Å²) in [4.78, 5) is 12.3. The van der Waals surface area contributed by atoms with Crippen LogP contribution >= 0.6 is 0 Å². The maximum atomic E-state index is 13.8. The Morgan fingerprint density at radius 2 is 1.85 bits per heavy atom. The van der Waals surface area contributed by atoms with Crippen LogP contribution in [-0.4, -0.2) is 17.0 Å². The van der Waals surface area contributed by atoms with Gasteiger partial charge in [0.15, 0.2) is 17.5 Å². The number of halogens is 3. The summed E-state index contributed by atoms with van der Waals surface area (Å²) >= 11 is 0. The molecule has 1 aliphatic carbocycles. The number of carbonyl (C=O) groups excluding carboxylic acids is 1. The van der Waals surface area contributed by atoms with Crippen LogP contribution in [0.4, 0.5) is 13.2 Å². The summed E-state index contributed by atoms with van der Waals surface area (Å²) in [5.41, 5.74) is 1.55. The standard InChI is InChI=1S/C20H17F3N2O/c1-25-10-14(12-4-2-3-5-16(12)25)20(8-9-20)11-24-19(26)13-6-7-15(21)18(23)17(13)22/h2-7,10H,8-9,11H2,1H3,(H,24,26). The van der Waals surface area contributed by atoms with E-state index in [0.29, 0.717) is 6.54 Å². The zero-order valence-electron chi connectivity index (χ0n) is 14.2. The molecule has 0 bridgehead atoms. The third-order valence-corrected chi connectivity index (χ3v) is 5.19. The largest absolute Gasteiger partial charge is 0.351 e. The van der Waals surface area contributed by atoms with Crippen LogP contribution in [0.15, 0.2) is 42.6 Å². The van der Waals surface area contributed by atoms with Gasteiger partial charge in [-0.3, -0.25) is 4.79 Å². The van der Waals surface area contributed by atoms with Gasteiger partial charge in [-0.15, -0.1) is 0 Å². The number of benzene rings is 2. The van der Waals surface area contributed by atoms with E-state index in [1.807, 2.05) is 35.9 Å². The summed E-state index contributed by atoms with van der Waals surface area (Å²) in [6.07, 6.45) is 3.87. The van der Waals surface area contributed by atoms with E-state index < -0.39 is 28.9 Å². The van der Waals surface area contributed by atoms with E-state index in [4.69, 9.17) is 0 Å². The fourth-order valence-electron chi connectivity index (χ4n) is 3.50. The first-order chi connectivity index (χ1) is 12.4. The molecule has 1 aliphatic rings. The van der Waals surface area contributed by atoms with Crippen molar-refractivity contribution in [1.29, 1.82) is 0 Å². The molecule has 1 fully saturated rings. The highest BCUT2D eigenvalue weighted by atomic mass is 19.2. The number of aromatic nitrogens is 1. The van der Waals surface area contributed by atoms with Gasteiger partial charge in [0.25, 0.3) is 5.91 Å². The topological polar surface area (TPSA) is 34.0 Å². The van der Waals surface area contributed by atoms with Gasteiger partial charge >= 0.3 is 0 Å². The van der Waals surface area contributed by atoms with Crippen molar-refractivity contribution >= 4 is 16.8 Å². The Balaban J connectivity index is 1.58. The Labute approximate surface area is 148 Å². The van der Waals surface area contributed by atoms with Crippen LogP contribution in [0, 0.1) is 17.5 Å². The zero-order chi connectivity index (χ0) is 18.5. The molecule has 0 radical (unpaired) electrons. The first kappa shape index (κ1) is 16.7. The van der Waals surface area contributed by atoms with Crippen molar-refractivity contribution < 1.29 is 18.0 Å². The minimum atomic E-state index is -1.63. The second-order valence-corrected chi connectivity index (χ2v) is 6.86. The number of fused-ring (bicyclic) bond motifs is 1. The number of para-hydroxylation sites is 1. The van der Waals surface area contributed by atoms with E-state index in [9.17, 15) is 18.0 Å². The summed E-state index contributed by atoms with van der Waals surface area (Å²) in [5.74, 6) is -5.15. The lowest BCUT2D eigenvalue weighted by Gasteiger charge is -2.16. The van der Waals surface area contributed by atoms with Crippen LogP contribution < -0.4 is 5.32 Å². The van der Waals surface area contributed by atoms with Gasteiger partial charge in [-0.05, 0) is 36.6 Å². The van der Waals surface area contributed by atoms with Crippen LogP contribution in [0.3, 0.4) is 0 Å². The first-order valence-corrected chi connectivity index (χ1v) is 8.39. The summed E-state index contributed by atoms with van der Waals surface area (Å²) in [5, 5.41) is 3.81. The Bertz CT molecular complexity index is 1020. The third kappa shape index (κ3) is 2.57. The van der Waals surface area contributed by atoms with Crippen LogP contribution in [-0.2, 0) is 12.5 Å². The number of nitrogens with one attached hydrogen (secondary N) is 1. The Hall–Kier alpha value is -2.76. The summed E-state index contributed by atoms with van der Waals surface area (Å²) < 4.78 is 42.2. The maximum absolute atomic E-state index is 13.8. The number of rotatable bonds is 4. The second kappa shape index (κ2) is 5.90. The van der Waals surface area contributed by atoms with Crippen molar-refractivity contribution in [2.75, 3.05) is 6.54 Å². The quantitative estimate of drug-likeness (QED) is 0.702. The van der Waals surface area contributed by atoms with Gasteiger partial charge in [-0.1, -0.05) is 18.2 Å². The Morgan fingerprint density at radius 3 is 2.58 bits per heavy atom. The number of hydrogen-bond acceptors (Lipinski definition) is 1. The van der Waals surface area contributed by atoms with Crippen LogP contribution in [0.2, 0.25) is 0 Å². The van der Waals surface area contributed by atoms with Crippen molar-refractivity contribution in [3.8, 4) is 0 Å². The fraction of sp³-hybridized carbons (Fsp3) is 0.250. The summed E-state index contributed by atoms with van der Waals surface area (Å²) in [6.45, 7) is 0.318. The fourth-order valence-corrected chi connectivity index (χ4v) is 3.50. The molecule has 1 amide bonds. The normalized spacial score (nSPS) is 15.2. The molecule has 134 valence electrons. The van der Waals surface area contributed by atoms with Crippen LogP contribution in [0.5, 0.6) is 0 Å². The summed E-state index contributed by atoms with van der Waals surface area (Å²) in [6, 6.07) is 9.73. The van der Waals surface area contributed by atoms with Crippen molar-refractivity contribution in [2.45, 2.75) is 18.3 Å². The van der Waals surface area contributed by atoms with Crippen molar-refractivity contribution in [3.63, 3.8) is 0 Å². The number of nitrogens with zero attached hydrogens (tertiary/aromatic N) is 1. The Morgan fingerprint density at radius 1 is 1.12 bits per heavy atom. The zero-order valence-corrected chi connectivity index (χ0v) is 14.2. The van der Waals surface area contributed by atoms with Gasteiger partial charge in [-0.25, -0.2) is 13.2 Å². The third-order valence-electron chi connectivity index (χ3n) is 5.19. The molecule has 0 aliphatic heterocycles. The number of amides is 1. The summed E-state index contributed by atoms with van der Waals surface area (Å²) in [7, 11) is 1.97. The molecule has 0 spiro atoms. The lowest BCUT2D eigenvalue weighted by Crippen LogP contribution is -2.33. The average molecular weight is 358 g/mol. The molecule has 0 atom stereocenters. The lowest BCUT2D eigenvalue weighted by molar-refractivity contribution is 0.0944. The van der Waals surface area contributed by atoms with Crippen LogP contribution in [0.25, 0.3) is 10.9 Å². The van der Waals surface area contributed by atoms with E-state index in [1.54, 1.807) is 0 Å². The molecule has 1 heterocycles. The minimum absolute atomic E-state index is 0.203. The molecular weight excluding hydrogens is 341 g/mol. The molecule has 3 nitrogen and oxygen atoms in total. The Kier molecular flexibility index (Phi) is 3.79. The number of carbonyl (C=O) groups is 1. The minimum Gasteiger partial charge on any atom is -0.351 e. The SMILES string of the molecule is Cn1cc(C2(CNC(=O)c3ccc(F)c(F)c3F)CC2)c2ccccc21. The van der Waals surface area contributed by atoms with Crippen molar-refractivity contribution in [3.05, 3.63) is 71.2 Å². The number of hydrogen-bond donors (Lipinski definition) is 1. The monoisotopic (exact) mass is 358 g/mol. The lowest BCUT2D eigenvalue weighted by atomic mass is 9.95. The molecule has 4 rings (SSSR count). The molecule has 1 aromatic heterocycles. The molecule has 3 aromatic rings. The molecule has 0 saturated heterocycles. The highest BCUT2D eigenvalue weighted by Crippen LogP contribution is 2.50. The predicted octanol–water partition coefficient (Wildman–Crippen LogP) is 4.06. The van der Waals surface area contributed by atoms with Gasteiger partial charge in [0.2, 0.25) is 0 Å². The molecular formula is C20H17F3N2O. The maximum Gasteiger partial charge on any atom is 0.254 e. The molecule has 1 N–H and O–H groups in total.